The fourth-order valence-electron chi connectivity index (χ4n) is 1.18. The van der Waals surface area contributed by atoms with Crippen molar-refractivity contribution in [1.82, 2.24) is 4.90 Å². The van der Waals surface area contributed by atoms with Gasteiger partial charge in [0.2, 0.25) is 0 Å². The molecule has 0 radical (unpaired) electrons. The van der Waals surface area contributed by atoms with Crippen LogP contribution in [-0.4, -0.2) is 43.9 Å². The number of nitrogens with zero attached hydrogens (tertiary/aromatic N) is 1. The number of ether oxygens (including phenoxy) is 1. The minimum absolute atomic E-state index is 0.348. The molecule has 0 aromatic carbocycles. The topological polar surface area (TPSA) is 12.5 Å². The minimum atomic E-state index is -4.11. The Labute approximate surface area is 83.0 Å². The van der Waals surface area contributed by atoms with E-state index in [1.165, 1.54) is 4.90 Å². The average molecular weight is 213 g/mol. The van der Waals surface area contributed by atoms with E-state index in [-0.39, 0.29) is 0 Å². The smallest absolute Gasteiger partial charge is 0.380 e. The van der Waals surface area contributed by atoms with Crippen molar-refractivity contribution in [3.63, 3.8) is 0 Å². The van der Waals surface area contributed by atoms with Crippen LogP contribution in [-0.2, 0) is 4.74 Å². The zero-order valence-electron chi connectivity index (χ0n) is 8.73. The van der Waals surface area contributed by atoms with Gasteiger partial charge in [0.15, 0.2) is 0 Å². The molecule has 0 saturated heterocycles. The Bertz CT molecular complexity index is 139. The maximum absolute atomic E-state index is 12.1. The van der Waals surface area contributed by atoms with Crippen LogP contribution in [0, 0.1) is 0 Å². The van der Waals surface area contributed by atoms with Gasteiger partial charge in [-0.1, -0.05) is 6.92 Å². The van der Waals surface area contributed by atoms with E-state index in [0.29, 0.717) is 26.3 Å². The number of hydrogen-bond acceptors (Lipinski definition) is 2. The number of hydrogen-bond donors (Lipinski definition) is 0. The van der Waals surface area contributed by atoms with Crippen molar-refractivity contribution in [2.24, 2.45) is 0 Å². The van der Waals surface area contributed by atoms with Gasteiger partial charge in [-0.25, -0.2) is 0 Å². The molecule has 0 spiro atoms. The molecule has 0 atom stereocenters. The van der Waals surface area contributed by atoms with Gasteiger partial charge in [0.1, 0.15) is 0 Å². The van der Waals surface area contributed by atoms with Crippen LogP contribution in [0.5, 0.6) is 0 Å². The normalized spacial score (nSPS) is 12.4. The highest BCUT2D eigenvalue weighted by atomic mass is 19.4. The lowest BCUT2D eigenvalue weighted by atomic mass is 10.4. The Hall–Kier alpha value is -0.290. The molecule has 0 amide bonds. The molecule has 0 rings (SSSR count). The van der Waals surface area contributed by atoms with Crippen molar-refractivity contribution < 1.29 is 17.9 Å². The van der Waals surface area contributed by atoms with Gasteiger partial charge in [-0.2, -0.15) is 13.2 Å². The quantitative estimate of drug-likeness (QED) is 0.602. The maximum atomic E-state index is 12.1. The minimum Gasteiger partial charge on any atom is -0.380 e. The molecule has 0 fully saturated rings. The van der Waals surface area contributed by atoms with Crippen LogP contribution in [0.3, 0.4) is 0 Å². The first-order valence-corrected chi connectivity index (χ1v) is 4.86. The van der Waals surface area contributed by atoms with Gasteiger partial charge >= 0.3 is 6.18 Å². The molecule has 0 bridgehead atoms. The third kappa shape index (κ3) is 8.31. The van der Waals surface area contributed by atoms with Crippen LogP contribution in [0.25, 0.3) is 0 Å². The number of rotatable bonds is 7. The zero-order valence-corrected chi connectivity index (χ0v) is 8.73. The average Bonchev–Trinajstić information content (AvgIpc) is 2.02. The summed E-state index contributed by atoms with van der Waals surface area (Å²) in [7, 11) is 0. The third-order valence-electron chi connectivity index (χ3n) is 1.70. The van der Waals surface area contributed by atoms with Crippen LogP contribution >= 0.6 is 0 Å². The van der Waals surface area contributed by atoms with Crippen molar-refractivity contribution in [2.45, 2.75) is 26.4 Å². The van der Waals surface area contributed by atoms with Gasteiger partial charge in [0.05, 0.1) is 13.2 Å². The van der Waals surface area contributed by atoms with E-state index >= 15 is 0 Å². The van der Waals surface area contributed by atoms with Crippen LogP contribution in [0.15, 0.2) is 0 Å². The molecule has 0 aliphatic heterocycles. The van der Waals surface area contributed by atoms with Crippen LogP contribution in [0.2, 0.25) is 0 Å². The lowest BCUT2D eigenvalue weighted by Gasteiger charge is -2.22. The highest BCUT2D eigenvalue weighted by Crippen LogP contribution is 2.16. The summed E-state index contributed by atoms with van der Waals surface area (Å²) in [4.78, 5) is 1.37. The molecular weight excluding hydrogens is 195 g/mol. The van der Waals surface area contributed by atoms with E-state index in [4.69, 9.17) is 4.74 Å². The zero-order chi connectivity index (χ0) is 11.0. The van der Waals surface area contributed by atoms with Crippen LogP contribution < -0.4 is 0 Å². The van der Waals surface area contributed by atoms with Crippen molar-refractivity contribution in [2.75, 3.05) is 32.8 Å². The molecular formula is C9H18F3NO. The van der Waals surface area contributed by atoms with Crippen LogP contribution in [0.4, 0.5) is 13.2 Å². The SMILES string of the molecule is CCCN(CCOCC)CC(F)(F)F. The van der Waals surface area contributed by atoms with Gasteiger partial charge in [0.25, 0.3) is 0 Å². The first-order valence-electron chi connectivity index (χ1n) is 4.86. The Balaban J connectivity index is 3.77. The van der Waals surface area contributed by atoms with Crippen molar-refractivity contribution in [1.29, 1.82) is 0 Å². The monoisotopic (exact) mass is 213 g/mol. The Morgan fingerprint density at radius 1 is 1.14 bits per heavy atom. The maximum Gasteiger partial charge on any atom is 0.401 e. The standard InChI is InChI=1S/C9H18F3NO/c1-3-5-13(6-7-14-4-2)8-9(10,11)12/h3-8H2,1-2H3. The summed E-state index contributed by atoms with van der Waals surface area (Å²) >= 11 is 0. The van der Waals surface area contributed by atoms with Gasteiger partial charge in [-0.3, -0.25) is 4.90 Å². The molecule has 0 unspecified atom stereocenters. The highest BCUT2D eigenvalue weighted by Gasteiger charge is 2.29. The second-order valence-corrected chi connectivity index (χ2v) is 3.09. The van der Waals surface area contributed by atoms with Crippen molar-refractivity contribution >= 4 is 0 Å². The molecule has 14 heavy (non-hydrogen) atoms. The molecule has 0 aliphatic rings. The van der Waals surface area contributed by atoms with E-state index in [0.717, 1.165) is 6.42 Å². The summed E-state index contributed by atoms with van der Waals surface area (Å²) < 4.78 is 41.2. The molecule has 5 heteroatoms. The van der Waals surface area contributed by atoms with E-state index in [2.05, 4.69) is 0 Å². The Kier molecular flexibility index (Phi) is 6.92. The van der Waals surface area contributed by atoms with Crippen LogP contribution in [0.1, 0.15) is 20.3 Å². The summed E-state index contributed by atoms with van der Waals surface area (Å²) in [5, 5.41) is 0. The predicted octanol–water partition coefficient (Wildman–Crippen LogP) is 2.30. The first-order chi connectivity index (χ1) is 6.49. The van der Waals surface area contributed by atoms with E-state index in [9.17, 15) is 13.2 Å². The Morgan fingerprint density at radius 2 is 1.79 bits per heavy atom. The van der Waals surface area contributed by atoms with E-state index in [1.807, 2.05) is 13.8 Å². The highest BCUT2D eigenvalue weighted by molar-refractivity contribution is 4.62. The predicted molar refractivity (Wildman–Crippen MR) is 49.3 cm³/mol. The molecule has 0 N–H and O–H groups in total. The fraction of sp³-hybridized carbons (Fsp3) is 1.00. The third-order valence-corrected chi connectivity index (χ3v) is 1.70. The Morgan fingerprint density at radius 3 is 2.21 bits per heavy atom. The van der Waals surface area contributed by atoms with Crippen molar-refractivity contribution in [3.05, 3.63) is 0 Å². The fourth-order valence-corrected chi connectivity index (χ4v) is 1.18. The largest absolute Gasteiger partial charge is 0.401 e. The van der Waals surface area contributed by atoms with Gasteiger partial charge in [-0.05, 0) is 19.9 Å². The summed E-state index contributed by atoms with van der Waals surface area (Å²) in [5.41, 5.74) is 0. The summed E-state index contributed by atoms with van der Waals surface area (Å²) in [6.45, 7) is 4.58. The van der Waals surface area contributed by atoms with Gasteiger partial charge in [0, 0.05) is 13.2 Å². The van der Waals surface area contributed by atoms with Gasteiger partial charge in [-0.15, -0.1) is 0 Å². The molecule has 86 valence electrons. The molecule has 0 heterocycles. The van der Waals surface area contributed by atoms with E-state index < -0.39 is 12.7 Å². The van der Waals surface area contributed by atoms with E-state index in [1.54, 1.807) is 0 Å². The number of alkyl halides is 3. The lowest BCUT2D eigenvalue weighted by molar-refractivity contribution is -0.147. The summed E-state index contributed by atoms with van der Waals surface area (Å²) in [6, 6.07) is 0. The summed E-state index contributed by atoms with van der Waals surface area (Å²) in [6.07, 6.45) is -3.39. The molecule has 0 aromatic heterocycles. The summed E-state index contributed by atoms with van der Waals surface area (Å²) in [5.74, 6) is 0. The number of halogens is 3. The molecule has 0 aliphatic carbocycles. The first kappa shape index (κ1) is 13.7. The van der Waals surface area contributed by atoms with Gasteiger partial charge < -0.3 is 4.74 Å². The lowest BCUT2D eigenvalue weighted by Crippen LogP contribution is -2.37. The second-order valence-electron chi connectivity index (χ2n) is 3.09. The van der Waals surface area contributed by atoms with Crippen molar-refractivity contribution in [3.8, 4) is 0 Å². The molecule has 0 aromatic rings. The molecule has 0 saturated carbocycles. The molecule has 2 nitrogen and oxygen atoms in total. The second kappa shape index (κ2) is 7.06.